The fourth-order valence-corrected chi connectivity index (χ4v) is 2.61. The summed E-state index contributed by atoms with van der Waals surface area (Å²) >= 11 is 0. The predicted molar refractivity (Wildman–Crippen MR) is 86.2 cm³/mol. The molecule has 1 aromatic carbocycles. The van der Waals surface area contributed by atoms with E-state index in [0.717, 1.165) is 17.8 Å². The summed E-state index contributed by atoms with van der Waals surface area (Å²) in [5.74, 6) is 1.64. The Morgan fingerprint density at radius 2 is 1.75 bits per heavy atom. The van der Waals surface area contributed by atoms with Gasteiger partial charge in [0.15, 0.2) is 0 Å². The molecule has 0 aliphatic heterocycles. The number of amides is 1. The van der Waals surface area contributed by atoms with E-state index in [-0.39, 0.29) is 5.91 Å². The predicted octanol–water partition coefficient (Wildman–Crippen LogP) is 3.69. The number of benzene rings is 1. The van der Waals surface area contributed by atoms with Gasteiger partial charge in [-0.25, -0.2) is 0 Å². The molecule has 112 valence electrons. The highest BCUT2D eigenvalue weighted by atomic mass is 16.1. The van der Waals surface area contributed by atoms with Gasteiger partial charge < -0.3 is 10.6 Å². The van der Waals surface area contributed by atoms with E-state index in [9.17, 15) is 4.79 Å². The second kappa shape index (κ2) is 7.32. The first-order valence-corrected chi connectivity index (χ1v) is 7.43. The molecule has 0 fully saturated rings. The second-order valence-corrected chi connectivity index (χ2v) is 6.16. The summed E-state index contributed by atoms with van der Waals surface area (Å²) in [6.07, 6.45) is 0. The smallest absolute Gasteiger partial charge is 0.253 e. The molecule has 0 heterocycles. The summed E-state index contributed by atoms with van der Waals surface area (Å²) in [4.78, 5) is 12.3. The lowest BCUT2D eigenvalue weighted by Crippen LogP contribution is -2.34. The molecule has 0 aliphatic rings. The highest BCUT2D eigenvalue weighted by Gasteiger charge is 2.19. The van der Waals surface area contributed by atoms with E-state index in [2.05, 4.69) is 38.3 Å². The first-order chi connectivity index (χ1) is 9.36. The maximum absolute atomic E-state index is 12.3. The number of nitrogens with one attached hydrogen (secondary N) is 2. The van der Waals surface area contributed by atoms with Crippen LogP contribution in [0.4, 0.5) is 5.69 Å². The SMILES string of the molecule is CNc1cc(C)ccc1C(=O)NCC(C(C)C)C(C)C. The molecule has 3 heteroatoms. The Kier molecular flexibility index (Phi) is 6.05. The van der Waals surface area contributed by atoms with Gasteiger partial charge in [-0.2, -0.15) is 0 Å². The molecule has 0 unspecified atom stereocenters. The lowest BCUT2D eigenvalue weighted by molar-refractivity contribution is 0.0938. The van der Waals surface area contributed by atoms with Gasteiger partial charge >= 0.3 is 0 Å². The van der Waals surface area contributed by atoms with Crippen LogP contribution >= 0.6 is 0 Å². The van der Waals surface area contributed by atoms with Crippen LogP contribution in [0.1, 0.15) is 43.6 Å². The van der Waals surface area contributed by atoms with E-state index in [1.807, 2.05) is 32.2 Å². The van der Waals surface area contributed by atoms with E-state index < -0.39 is 0 Å². The molecule has 2 N–H and O–H groups in total. The molecule has 0 radical (unpaired) electrons. The fraction of sp³-hybridized carbons (Fsp3) is 0.588. The number of hydrogen-bond donors (Lipinski definition) is 2. The summed E-state index contributed by atoms with van der Waals surface area (Å²) in [6.45, 7) is 11.6. The van der Waals surface area contributed by atoms with Crippen molar-refractivity contribution in [3.63, 3.8) is 0 Å². The number of carbonyl (C=O) groups excluding carboxylic acids is 1. The fourth-order valence-electron chi connectivity index (χ4n) is 2.61. The standard InChI is InChI=1S/C17H28N2O/c1-11(2)15(12(3)4)10-19-17(20)14-8-7-13(5)9-16(14)18-6/h7-9,11-12,15,18H,10H2,1-6H3,(H,19,20). The van der Waals surface area contributed by atoms with Crippen LogP contribution in [0.5, 0.6) is 0 Å². The van der Waals surface area contributed by atoms with Crippen LogP contribution in [0, 0.1) is 24.7 Å². The second-order valence-electron chi connectivity index (χ2n) is 6.16. The molecule has 20 heavy (non-hydrogen) atoms. The van der Waals surface area contributed by atoms with E-state index in [1.165, 1.54) is 0 Å². The zero-order valence-corrected chi connectivity index (χ0v) is 13.6. The number of aryl methyl sites for hydroxylation is 1. The Labute approximate surface area is 123 Å². The van der Waals surface area contributed by atoms with Crippen LogP contribution in [0.3, 0.4) is 0 Å². The van der Waals surface area contributed by atoms with E-state index >= 15 is 0 Å². The van der Waals surface area contributed by atoms with Crippen LogP contribution in [0.2, 0.25) is 0 Å². The van der Waals surface area contributed by atoms with Gasteiger partial charge in [0.2, 0.25) is 0 Å². The number of rotatable bonds is 6. The van der Waals surface area contributed by atoms with Crippen LogP contribution in [-0.2, 0) is 0 Å². The van der Waals surface area contributed by atoms with Crippen LogP contribution in [0.15, 0.2) is 18.2 Å². The molecule has 0 saturated carbocycles. The molecule has 0 spiro atoms. The Morgan fingerprint density at radius 3 is 2.25 bits per heavy atom. The van der Waals surface area contributed by atoms with Gasteiger partial charge in [-0.15, -0.1) is 0 Å². The molecular formula is C17H28N2O. The average molecular weight is 276 g/mol. The van der Waals surface area contributed by atoms with Crippen molar-refractivity contribution >= 4 is 11.6 Å². The highest BCUT2D eigenvalue weighted by molar-refractivity contribution is 5.99. The highest BCUT2D eigenvalue weighted by Crippen LogP contribution is 2.21. The van der Waals surface area contributed by atoms with Crippen molar-refractivity contribution < 1.29 is 4.79 Å². The average Bonchev–Trinajstić information content (AvgIpc) is 2.37. The van der Waals surface area contributed by atoms with Crippen molar-refractivity contribution in [3.8, 4) is 0 Å². The largest absolute Gasteiger partial charge is 0.387 e. The molecule has 3 nitrogen and oxygen atoms in total. The quantitative estimate of drug-likeness (QED) is 0.832. The van der Waals surface area contributed by atoms with Crippen molar-refractivity contribution in [2.75, 3.05) is 18.9 Å². The molecule has 0 atom stereocenters. The maximum Gasteiger partial charge on any atom is 0.253 e. The van der Waals surface area contributed by atoms with Crippen LogP contribution < -0.4 is 10.6 Å². The minimum Gasteiger partial charge on any atom is -0.387 e. The van der Waals surface area contributed by atoms with Crippen molar-refractivity contribution in [1.29, 1.82) is 0 Å². The molecular weight excluding hydrogens is 248 g/mol. The first-order valence-electron chi connectivity index (χ1n) is 7.43. The third kappa shape index (κ3) is 4.26. The Hall–Kier alpha value is -1.51. The van der Waals surface area contributed by atoms with Crippen molar-refractivity contribution in [2.45, 2.75) is 34.6 Å². The monoisotopic (exact) mass is 276 g/mol. The minimum absolute atomic E-state index is 0.000602. The van der Waals surface area contributed by atoms with Gasteiger partial charge in [-0.1, -0.05) is 33.8 Å². The number of carbonyl (C=O) groups is 1. The zero-order valence-electron chi connectivity index (χ0n) is 13.6. The minimum atomic E-state index is 0.000602. The van der Waals surface area contributed by atoms with E-state index in [4.69, 9.17) is 0 Å². The Bertz CT molecular complexity index is 444. The summed E-state index contributed by atoms with van der Waals surface area (Å²) in [5.41, 5.74) is 2.74. The van der Waals surface area contributed by atoms with Gasteiger partial charge in [0.25, 0.3) is 5.91 Å². The molecule has 1 amide bonds. The molecule has 0 aromatic heterocycles. The number of anilines is 1. The molecule has 1 aromatic rings. The third-order valence-corrected chi connectivity index (χ3v) is 3.90. The summed E-state index contributed by atoms with van der Waals surface area (Å²) in [7, 11) is 1.84. The molecule has 0 aliphatic carbocycles. The lowest BCUT2D eigenvalue weighted by atomic mass is 9.85. The van der Waals surface area contributed by atoms with E-state index in [1.54, 1.807) is 0 Å². The maximum atomic E-state index is 12.3. The van der Waals surface area contributed by atoms with E-state index in [0.29, 0.717) is 23.3 Å². The van der Waals surface area contributed by atoms with Gasteiger partial charge in [0, 0.05) is 19.3 Å². The Morgan fingerprint density at radius 1 is 1.15 bits per heavy atom. The van der Waals surface area contributed by atoms with Gasteiger partial charge in [-0.3, -0.25) is 4.79 Å². The van der Waals surface area contributed by atoms with Gasteiger partial charge in [0.1, 0.15) is 0 Å². The van der Waals surface area contributed by atoms with Crippen molar-refractivity contribution in [2.24, 2.45) is 17.8 Å². The Balaban J connectivity index is 2.76. The third-order valence-electron chi connectivity index (χ3n) is 3.90. The molecule has 1 rings (SSSR count). The topological polar surface area (TPSA) is 41.1 Å². The normalized spacial score (nSPS) is 11.2. The summed E-state index contributed by atoms with van der Waals surface area (Å²) in [6, 6.07) is 5.85. The molecule has 0 bridgehead atoms. The zero-order chi connectivity index (χ0) is 15.3. The van der Waals surface area contributed by atoms with Crippen LogP contribution in [0.25, 0.3) is 0 Å². The lowest BCUT2D eigenvalue weighted by Gasteiger charge is -2.25. The summed E-state index contributed by atoms with van der Waals surface area (Å²) < 4.78 is 0. The number of hydrogen-bond acceptors (Lipinski definition) is 2. The van der Waals surface area contributed by atoms with Crippen molar-refractivity contribution in [3.05, 3.63) is 29.3 Å². The van der Waals surface area contributed by atoms with Crippen LogP contribution in [-0.4, -0.2) is 19.5 Å². The van der Waals surface area contributed by atoms with Gasteiger partial charge in [-0.05, 0) is 42.4 Å². The molecule has 0 saturated heterocycles. The van der Waals surface area contributed by atoms with Gasteiger partial charge in [0.05, 0.1) is 5.56 Å². The summed E-state index contributed by atoms with van der Waals surface area (Å²) in [5, 5.41) is 6.17. The van der Waals surface area contributed by atoms with Crippen molar-refractivity contribution in [1.82, 2.24) is 5.32 Å². The first kappa shape index (κ1) is 16.5.